The van der Waals surface area contributed by atoms with Crippen LogP contribution in [0.4, 0.5) is 0 Å². The second-order valence-electron chi connectivity index (χ2n) is 17.2. The number of benzene rings is 6. The lowest BCUT2D eigenvalue weighted by molar-refractivity contribution is 0.298. The van der Waals surface area contributed by atoms with Gasteiger partial charge in [0.05, 0.1) is 16.6 Å². The van der Waals surface area contributed by atoms with Crippen LogP contribution in [0.15, 0.2) is 144 Å². The third kappa shape index (κ3) is 5.59. The molecule has 11 aromatic rings. The number of aromatic nitrogens is 3. The van der Waals surface area contributed by atoms with Gasteiger partial charge in [0.2, 0.25) is 0 Å². The fraction of sp³-hybridized carbons (Fsp3) is 0.218. The summed E-state index contributed by atoms with van der Waals surface area (Å²) in [6.07, 6.45) is 9.79. The molecule has 0 N–H and O–H groups in total. The molecule has 11 rings (SSSR count). The molecule has 296 valence electrons. The minimum absolute atomic E-state index is 0.0721. The first kappa shape index (κ1) is 36.9. The zero-order chi connectivity index (χ0) is 40.7. The van der Waals surface area contributed by atoms with Gasteiger partial charge in [0.1, 0.15) is 16.8 Å². The molecule has 0 radical (unpaired) electrons. The Morgan fingerprint density at radius 3 is 2.25 bits per heavy atom. The van der Waals surface area contributed by atoms with Gasteiger partial charge in [-0.15, -0.1) is 11.3 Å². The second kappa shape index (κ2) is 14.2. The third-order valence-corrected chi connectivity index (χ3v) is 15.0. The number of imidazole rings is 1. The standard InChI is InChI=1S/C55H49N3OS/c1-6-9-13-35-18-22-42-44-31-39(21-25-50(44)59-51(42)28-35)37-20-24-49-43(30-37)41-16-10-11-17-48(41)58(49)40-15-12-14-36(29-40)38-19-23-47-45(32-38)53-52(54-56-26-27-57(47)54)46(33-60-53)55(5,8-3)34(4)7-2/h10-12,14-34H,6-9,13H2,1-5H3/t34-,55?/m0/s1. The van der Waals surface area contributed by atoms with Crippen LogP contribution in [0.2, 0.25) is 0 Å². The Kier molecular flexibility index (Phi) is 8.75. The van der Waals surface area contributed by atoms with E-state index in [1.54, 1.807) is 0 Å². The highest BCUT2D eigenvalue weighted by molar-refractivity contribution is 7.18. The predicted octanol–water partition coefficient (Wildman–Crippen LogP) is 16.1. The van der Waals surface area contributed by atoms with Crippen molar-refractivity contribution in [1.82, 2.24) is 14.0 Å². The molecule has 0 aliphatic heterocycles. The number of thiophene rings is 1. The highest BCUT2D eigenvalue weighted by Crippen LogP contribution is 2.47. The van der Waals surface area contributed by atoms with Crippen LogP contribution in [0.1, 0.15) is 71.4 Å². The van der Waals surface area contributed by atoms with Gasteiger partial charge >= 0.3 is 0 Å². The van der Waals surface area contributed by atoms with Gasteiger partial charge in [-0.1, -0.05) is 108 Å². The van der Waals surface area contributed by atoms with Crippen molar-refractivity contribution in [2.24, 2.45) is 5.92 Å². The number of nitrogens with zero attached hydrogens (tertiary/aromatic N) is 3. The predicted molar refractivity (Wildman–Crippen MR) is 256 cm³/mol. The summed E-state index contributed by atoms with van der Waals surface area (Å²) in [6, 6.07) is 45.2. The summed E-state index contributed by atoms with van der Waals surface area (Å²) in [5.74, 6) is 0.559. The first-order valence-electron chi connectivity index (χ1n) is 21.8. The van der Waals surface area contributed by atoms with E-state index in [1.807, 2.05) is 17.5 Å². The minimum atomic E-state index is 0.0721. The number of unbranched alkanes of at least 4 members (excludes halogenated alkanes) is 1. The zero-order valence-electron chi connectivity index (χ0n) is 35.1. The Morgan fingerprint density at radius 1 is 0.683 bits per heavy atom. The number of rotatable bonds is 10. The van der Waals surface area contributed by atoms with Crippen molar-refractivity contribution in [1.29, 1.82) is 0 Å². The van der Waals surface area contributed by atoms with Crippen LogP contribution in [0.5, 0.6) is 0 Å². The summed E-state index contributed by atoms with van der Waals surface area (Å²) in [5, 5.41) is 9.85. The van der Waals surface area contributed by atoms with Crippen molar-refractivity contribution in [2.45, 2.75) is 72.1 Å². The Bertz CT molecular complexity index is 3450. The number of hydrogen-bond acceptors (Lipinski definition) is 3. The van der Waals surface area contributed by atoms with Gasteiger partial charge in [-0.2, -0.15) is 0 Å². The van der Waals surface area contributed by atoms with E-state index in [0.717, 1.165) is 47.1 Å². The Labute approximate surface area is 354 Å². The lowest BCUT2D eigenvalue weighted by atomic mass is 9.69. The molecule has 4 nitrogen and oxygen atoms in total. The molecule has 5 aromatic heterocycles. The van der Waals surface area contributed by atoms with Crippen LogP contribution in [0.25, 0.3) is 98.3 Å². The summed E-state index contributed by atoms with van der Waals surface area (Å²) in [7, 11) is 0. The highest BCUT2D eigenvalue weighted by atomic mass is 32.1. The van der Waals surface area contributed by atoms with E-state index in [2.05, 4.69) is 176 Å². The molecular weight excluding hydrogens is 751 g/mol. The topological polar surface area (TPSA) is 35.4 Å². The molecule has 0 aliphatic carbocycles. The lowest BCUT2D eigenvalue weighted by Crippen LogP contribution is -2.29. The minimum Gasteiger partial charge on any atom is -0.456 e. The molecule has 5 heterocycles. The van der Waals surface area contributed by atoms with Crippen molar-refractivity contribution in [2.75, 3.05) is 0 Å². The monoisotopic (exact) mass is 799 g/mol. The maximum atomic E-state index is 6.36. The zero-order valence-corrected chi connectivity index (χ0v) is 35.9. The summed E-state index contributed by atoms with van der Waals surface area (Å²) < 4.78 is 12.4. The molecule has 0 saturated heterocycles. The van der Waals surface area contributed by atoms with E-state index >= 15 is 0 Å². The number of pyridine rings is 1. The quantitative estimate of drug-likeness (QED) is 0.138. The van der Waals surface area contributed by atoms with E-state index in [4.69, 9.17) is 9.40 Å². The van der Waals surface area contributed by atoms with Gasteiger partial charge in [-0.25, -0.2) is 4.98 Å². The van der Waals surface area contributed by atoms with Crippen molar-refractivity contribution in [3.63, 3.8) is 0 Å². The van der Waals surface area contributed by atoms with Gasteiger partial charge in [0, 0.05) is 55.1 Å². The van der Waals surface area contributed by atoms with Gasteiger partial charge < -0.3 is 8.98 Å². The molecule has 2 atom stereocenters. The van der Waals surface area contributed by atoms with Gasteiger partial charge in [0.15, 0.2) is 0 Å². The highest BCUT2D eigenvalue weighted by Gasteiger charge is 2.34. The van der Waals surface area contributed by atoms with Crippen molar-refractivity contribution < 1.29 is 4.42 Å². The molecule has 0 spiro atoms. The molecule has 0 fully saturated rings. The first-order chi connectivity index (χ1) is 29.4. The van der Waals surface area contributed by atoms with Crippen molar-refractivity contribution >= 4 is 81.7 Å². The maximum Gasteiger partial charge on any atom is 0.146 e. The molecule has 5 heteroatoms. The third-order valence-electron chi connectivity index (χ3n) is 14.0. The van der Waals surface area contributed by atoms with E-state index in [9.17, 15) is 0 Å². The summed E-state index contributed by atoms with van der Waals surface area (Å²) in [5.41, 5.74) is 15.4. The number of furan rings is 1. The molecule has 0 aliphatic rings. The number of para-hydroxylation sites is 1. The van der Waals surface area contributed by atoms with Gasteiger partial charge in [-0.3, -0.25) is 4.40 Å². The van der Waals surface area contributed by atoms with Crippen LogP contribution in [-0.4, -0.2) is 14.0 Å². The Hall–Kier alpha value is -6.17. The molecule has 60 heavy (non-hydrogen) atoms. The van der Waals surface area contributed by atoms with Crippen molar-refractivity contribution in [3.05, 3.63) is 150 Å². The molecule has 0 saturated carbocycles. The Morgan fingerprint density at radius 2 is 1.43 bits per heavy atom. The smallest absolute Gasteiger partial charge is 0.146 e. The van der Waals surface area contributed by atoms with Crippen LogP contribution >= 0.6 is 11.3 Å². The van der Waals surface area contributed by atoms with E-state index in [1.165, 1.54) is 94.4 Å². The molecule has 6 aromatic carbocycles. The second-order valence-corrected chi connectivity index (χ2v) is 18.0. The van der Waals surface area contributed by atoms with E-state index in [0.29, 0.717) is 5.92 Å². The average Bonchev–Trinajstić information content (AvgIpc) is 4.10. The van der Waals surface area contributed by atoms with Gasteiger partial charge in [0.25, 0.3) is 0 Å². The lowest BCUT2D eigenvalue weighted by Gasteiger charge is -2.34. The average molecular weight is 800 g/mol. The molecule has 1 unspecified atom stereocenters. The van der Waals surface area contributed by atoms with E-state index in [-0.39, 0.29) is 5.41 Å². The van der Waals surface area contributed by atoms with Crippen LogP contribution in [0, 0.1) is 5.92 Å². The van der Waals surface area contributed by atoms with Gasteiger partial charge in [-0.05, 0) is 130 Å². The summed E-state index contributed by atoms with van der Waals surface area (Å²) >= 11 is 1.88. The Balaban J connectivity index is 1.02. The normalized spacial score (nSPS) is 13.8. The summed E-state index contributed by atoms with van der Waals surface area (Å²) in [4.78, 5) is 4.95. The largest absolute Gasteiger partial charge is 0.456 e. The molecular formula is C55H49N3OS. The summed E-state index contributed by atoms with van der Waals surface area (Å²) in [6.45, 7) is 11.8. The molecule has 0 amide bonds. The van der Waals surface area contributed by atoms with Crippen LogP contribution in [0.3, 0.4) is 0 Å². The fourth-order valence-corrected chi connectivity index (χ4v) is 11.3. The molecule has 0 bridgehead atoms. The number of hydrogen-bond donors (Lipinski definition) is 0. The van der Waals surface area contributed by atoms with Crippen LogP contribution in [-0.2, 0) is 11.8 Å². The fourth-order valence-electron chi connectivity index (χ4n) is 10.0. The first-order valence-corrected chi connectivity index (χ1v) is 22.7. The SMILES string of the molecule is CCCCc1ccc2c(c1)oc1ccc(-c3ccc4c(c3)c3ccccc3n4-c3cccc(-c4ccc5c(c4)c4scc(C(C)(CC)[C@@H](C)CC)c4c4nccn54)c3)cc12. The number of aryl methyl sites for hydroxylation is 1. The van der Waals surface area contributed by atoms with Crippen LogP contribution < -0.4 is 0 Å². The van der Waals surface area contributed by atoms with E-state index < -0.39 is 0 Å². The number of fused-ring (bicyclic) bond motifs is 12. The maximum absolute atomic E-state index is 6.36. The van der Waals surface area contributed by atoms with Crippen molar-refractivity contribution in [3.8, 4) is 27.9 Å².